The fourth-order valence-electron chi connectivity index (χ4n) is 2.60. The molecule has 1 aromatic heterocycles. The Morgan fingerprint density at radius 1 is 1.00 bits per heavy atom. The van der Waals surface area contributed by atoms with Gasteiger partial charge in [-0.3, -0.25) is 0 Å². The van der Waals surface area contributed by atoms with Crippen molar-refractivity contribution in [2.45, 2.75) is 26.6 Å². The summed E-state index contributed by atoms with van der Waals surface area (Å²) in [6, 6.07) is 15.8. The molecule has 0 unspecified atom stereocenters. The van der Waals surface area contributed by atoms with Gasteiger partial charge in [0.25, 0.3) is 5.89 Å². The Balaban J connectivity index is 1.71. The van der Waals surface area contributed by atoms with Crippen LogP contribution in [0.5, 0.6) is 5.75 Å². The first-order valence-corrected chi connectivity index (χ1v) is 7.77. The maximum atomic E-state index is 5.75. The van der Waals surface area contributed by atoms with Gasteiger partial charge < -0.3 is 13.9 Å². The number of hydrogen-bond donors (Lipinski definition) is 0. The Bertz CT molecular complexity index is 779. The van der Waals surface area contributed by atoms with Gasteiger partial charge in [0.2, 0.25) is 5.89 Å². The summed E-state index contributed by atoms with van der Waals surface area (Å²) in [4.78, 5) is 0. The Kier molecular flexibility index (Phi) is 4.91. The molecule has 2 aromatic carbocycles. The van der Waals surface area contributed by atoms with Gasteiger partial charge in [0.15, 0.2) is 12.7 Å². The fraction of sp³-hybridized carbons (Fsp3) is 0.263. The second-order valence-corrected chi connectivity index (χ2v) is 5.67. The Labute approximate surface area is 141 Å². The predicted molar refractivity (Wildman–Crippen MR) is 89.8 cm³/mol. The summed E-state index contributed by atoms with van der Waals surface area (Å²) in [5.74, 6) is 1.63. The van der Waals surface area contributed by atoms with Crippen LogP contribution in [0.3, 0.4) is 0 Å². The third-order valence-corrected chi connectivity index (χ3v) is 3.60. The highest BCUT2D eigenvalue weighted by molar-refractivity contribution is 5.33. The maximum Gasteiger partial charge on any atom is 0.254 e. The van der Waals surface area contributed by atoms with Crippen molar-refractivity contribution >= 4 is 0 Å². The summed E-state index contributed by atoms with van der Waals surface area (Å²) in [6.07, 6.45) is -0.381. The molecule has 0 spiro atoms. The van der Waals surface area contributed by atoms with Gasteiger partial charge in [0.05, 0.1) is 0 Å². The molecule has 0 aliphatic rings. The monoisotopic (exact) mass is 324 g/mol. The van der Waals surface area contributed by atoms with Gasteiger partial charge in [-0.1, -0.05) is 36.4 Å². The molecule has 0 N–H and O–H groups in total. The first-order valence-electron chi connectivity index (χ1n) is 7.77. The molecular weight excluding hydrogens is 304 g/mol. The van der Waals surface area contributed by atoms with Crippen molar-refractivity contribution in [3.8, 4) is 5.75 Å². The molecule has 5 nitrogen and oxygen atoms in total. The van der Waals surface area contributed by atoms with Crippen LogP contribution in [0.1, 0.15) is 34.6 Å². The number of ether oxygens (including phenoxy) is 2. The van der Waals surface area contributed by atoms with E-state index in [1.54, 1.807) is 7.11 Å². The summed E-state index contributed by atoms with van der Waals surface area (Å²) >= 11 is 0. The summed E-state index contributed by atoms with van der Waals surface area (Å²) in [7, 11) is 1.62. The van der Waals surface area contributed by atoms with E-state index in [1.165, 1.54) is 0 Å². The number of aryl methyl sites for hydroxylation is 2. The number of benzene rings is 2. The Morgan fingerprint density at radius 3 is 2.38 bits per heavy atom. The lowest BCUT2D eigenvalue weighted by atomic mass is 10.1. The minimum absolute atomic E-state index is 0.223. The highest BCUT2D eigenvalue weighted by Gasteiger charge is 2.20. The third kappa shape index (κ3) is 3.81. The molecule has 24 heavy (non-hydrogen) atoms. The van der Waals surface area contributed by atoms with Crippen LogP contribution in [0.15, 0.2) is 52.9 Å². The highest BCUT2D eigenvalue weighted by Crippen LogP contribution is 2.24. The van der Waals surface area contributed by atoms with E-state index < -0.39 is 0 Å². The van der Waals surface area contributed by atoms with Crippen LogP contribution in [-0.4, -0.2) is 17.3 Å². The first-order chi connectivity index (χ1) is 11.7. The van der Waals surface area contributed by atoms with E-state index in [0.717, 1.165) is 22.4 Å². The number of hydrogen-bond acceptors (Lipinski definition) is 5. The van der Waals surface area contributed by atoms with Gasteiger partial charge in [-0.05, 0) is 42.7 Å². The van der Waals surface area contributed by atoms with Crippen molar-refractivity contribution in [2.24, 2.45) is 0 Å². The van der Waals surface area contributed by atoms with Crippen LogP contribution in [-0.2, 0) is 11.3 Å². The Morgan fingerprint density at radius 2 is 1.71 bits per heavy atom. The van der Waals surface area contributed by atoms with Gasteiger partial charge in [-0.15, -0.1) is 10.2 Å². The van der Waals surface area contributed by atoms with Crippen LogP contribution < -0.4 is 4.74 Å². The second-order valence-electron chi connectivity index (χ2n) is 5.67. The zero-order valence-corrected chi connectivity index (χ0v) is 14.0. The summed E-state index contributed by atoms with van der Waals surface area (Å²) in [5, 5.41) is 8.14. The van der Waals surface area contributed by atoms with Gasteiger partial charge in [0, 0.05) is 7.11 Å². The van der Waals surface area contributed by atoms with Crippen LogP contribution in [0, 0.1) is 13.8 Å². The number of methoxy groups -OCH3 is 1. The summed E-state index contributed by atoms with van der Waals surface area (Å²) in [5.41, 5.74) is 3.27. The SMILES string of the molecule is CO[C@@H](c1ccccc1)c1nnc(COc2cc(C)cc(C)c2)o1. The zero-order chi connectivity index (χ0) is 16.9. The number of aromatic nitrogens is 2. The topological polar surface area (TPSA) is 57.4 Å². The fourth-order valence-corrected chi connectivity index (χ4v) is 2.60. The molecule has 0 aliphatic heterocycles. The normalized spacial score (nSPS) is 12.1. The number of nitrogens with zero attached hydrogens (tertiary/aromatic N) is 2. The molecule has 0 fully saturated rings. The van der Waals surface area contributed by atoms with Gasteiger partial charge in [-0.2, -0.15) is 0 Å². The molecule has 0 amide bonds. The van der Waals surface area contributed by atoms with E-state index in [1.807, 2.05) is 56.3 Å². The molecule has 0 bridgehead atoms. The first kappa shape index (κ1) is 16.2. The lowest BCUT2D eigenvalue weighted by Crippen LogP contribution is -2.03. The van der Waals surface area contributed by atoms with Crippen LogP contribution in [0.25, 0.3) is 0 Å². The highest BCUT2D eigenvalue weighted by atomic mass is 16.5. The van der Waals surface area contributed by atoms with Crippen molar-refractivity contribution in [3.05, 3.63) is 77.0 Å². The summed E-state index contributed by atoms with van der Waals surface area (Å²) in [6.45, 7) is 4.29. The van der Waals surface area contributed by atoms with Gasteiger partial charge in [0.1, 0.15) is 5.75 Å². The molecule has 0 saturated carbocycles. The van der Waals surface area contributed by atoms with Crippen molar-refractivity contribution in [1.82, 2.24) is 10.2 Å². The lowest BCUT2D eigenvalue weighted by molar-refractivity contribution is 0.108. The smallest absolute Gasteiger partial charge is 0.254 e. The minimum Gasteiger partial charge on any atom is -0.484 e. The molecule has 0 saturated heterocycles. The van der Waals surface area contributed by atoms with Crippen molar-refractivity contribution in [2.75, 3.05) is 7.11 Å². The zero-order valence-electron chi connectivity index (χ0n) is 14.0. The maximum absolute atomic E-state index is 5.75. The average Bonchev–Trinajstić information content (AvgIpc) is 3.02. The predicted octanol–water partition coefficient (Wildman–Crippen LogP) is 4.00. The van der Waals surface area contributed by atoms with E-state index in [4.69, 9.17) is 13.9 Å². The van der Waals surface area contributed by atoms with Crippen LogP contribution in [0.4, 0.5) is 0 Å². The lowest BCUT2D eigenvalue weighted by Gasteiger charge is -2.10. The van der Waals surface area contributed by atoms with E-state index in [0.29, 0.717) is 11.8 Å². The Hall–Kier alpha value is -2.66. The molecule has 124 valence electrons. The van der Waals surface area contributed by atoms with E-state index in [-0.39, 0.29) is 12.7 Å². The quantitative estimate of drug-likeness (QED) is 0.686. The van der Waals surface area contributed by atoms with E-state index in [2.05, 4.69) is 16.3 Å². The summed E-state index contributed by atoms with van der Waals surface area (Å²) < 4.78 is 16.9. The molecule has 5 heteroatoms. The van der Waals surface area contributed by atoms with Gasteiger partial charge in [-0.25, -0.2) is 0 Å². The molecule has 1 heterocycles. The van der Waals surface area contributed by atoms with Gasteiger partial charge >= 0.3 is 0 Å². The molecule has 3 aromatic rings. The number of rotatable bonds is 6. The molecule has 3 rings (SSSR count). The molecule has 0 radical (unpaired) electrons. The second kappa shape index (κ2) is 7.27. The standard InChI is InChI=1S/C19H20N2O3/c1-13-9-14(2)11-16(10-13)23-12-17-20-21-19(24-17)18(22-3)15-7-5-4-6-8-15/h4-11,18H,12H2,1-3H3/t18-/m0/s1. The van der Waals surface area contributed by atoms with Crippen molar-refractivity contribution < 1.29 is 13.9 Å². The van der Waals surface area contributed by atoms with E-state index in [9.17, 15) is 0 Å². The third-order valence-electron chi connectivity index (χ3n) is 3.60. The largest absolute Gasteiger partial charge is 0.484 e. The average molecular weight is 324 g/mol. The van der Waals surface area contributed by atoms with Crippen LogP contribution >= 0.6 is 0 Å². The van der Waals surface area contributed by atoms with Crippen molar-refractivity contribution in [3.63, 3.8) is 0 Å². The van der Waals surface area contributed by atoms with E-state index >= 15 is 0 Å². The van der Waals surface area contributed by atoms with Crippen molar-refractivity contribution in [1.29, 1.82) is 0 Å². The molecule has 0 aliphatic carbocycles. The molecule has 1 atom stereocenters. The minimum atomic E-state index is -0.381. The molecular formula is C19H20N2O3. The van der Waals surface area contributed by atoms with Crippen LogP contribution in [0.2, 0.25) is 0 Å².